The van der Waals surface area contributed by atoms with Crippen molar-refractivity contribution in [2.75, 3.05) is 4.90 Å². The minimum absolute atomic E-state index is 0.633. The van der Waals surface area contributed by atoms with Gasteiger partial charge < -0.3 is 4.90 Å². The van der Waals surface area contributed by atoms with E-state index < -0.39 is 0 Å². The maximum absolute atomic E-state index is 4.43. The highest BCUT2D eigenvalue weighted by atomic mass is 15.2. The predicted molar refractivity (Wildman–Crippen MR) is 59.5 cm³/mol. The number of rotatable bonds is 1. The van der Waals surface area contributed by atoms with E-state index in [1.165, 1.54) is 19.3 Å². The van der Waals surface area contributed by atoms with Crippen molar-refractivity contribution >= 4 is 5.82 Å². The number of hydrogen-bond acceptors (Lipinski definition) is 2. The van der Waals surface area contributed by atoms with E-state index in [-0.39, 0.29) is 0 Å². The molecule has 0 aromatic carbocycles. The van der Waals surface area contributed by atoms with Gasteiger partial charge in [-0.15, -0.1) is 0 Å². The molecule has 2 rings (SSSR count). The Morgan fingerprint density at radius 3 is 2.50 bits per heavy atom. The Morgan fingerprint density at radius 1 is 1.21 bits per heavy atom. The summed E-state index contributed by atoms with van der Waals surface area (Å²) in [5.74, 6) is 1.13. The Balaban J connectivity index is 2.23. The van der Waals surface area contributed by atoms with Gasteiger partial charge in [-0.3, -0.25) is 0 Å². The summed E-state index contributed by atoms with van der Waals surface area (Å²) >= 11 is 0. The first kappa shape index (κ1) is 9.50. The highest BCUT2D eigenvalue weighted by Crippen LogP contribution is 2.26. The summed E-state index contributed by atoms with van der Waals surface area (Å²) < 4.78 is 0. The van der Waals surface area contributed by atoms with Crippen LogP contribution in [-0.4, -0.2) is 17.1 Å². The first-order valence-electron chi connectivity index (χ1n) is 5.48. The minimum Gasteiger partial charge on any atom is -0.351 e. The van der Waals surface area contributed by atoms with Gasteiger partial charge in [0.25, 0.3) is 0 Å². The van der Waals surface area contributed by atoms with Crippen molar-refractivity contribution in [3.8, 4) is 0 Å². The fourth-order valence-corrected chi connectivity index (χ4v) is 2.38. The normalized spacial score (nSPS) is 27.7. The molecule has 1 saturated heterocycles. The third-order valence-electron chi connectivity index (χ3n) is 3.11. The molecule has 0 bridgehead atoms. The van der Waals surface area contributed by atoms with Crippen LogP contribution in [0.1, 0.15) is 33.1 Å². The van der Waals surface area contributed by atoms with Crippen LogP contribution in [0.3, 0.4) is 0 Å². The van der Waals surface area contributed by atoms with Gasteiger partial charge in [0.05, 0.1) is 0 Å². The number of pyridine rings is 1. The molecule has 2 heterocycles. The van der Waals surface area contributed by atoms with Crippen molar-refractivity contribution in [1.29, 1.82) is 0 Å². The lowest BCUT2D eigenvalue weighted by Crippen LogP contribution is -2.44. The summed E-state index contributed by atoms with van der Waals surface area (Å²) in [5.41, 5.74) is 0. The lowest BCUT2D eigenvalue weighted by Gasteiger charge is -2.39. The van der Waals surface area contributed by atoms with Crippen LogP contribution in [0.15, 0.2) is 24.4 Å². The van der Waals surface area contributed by atoms with Gasteiger partial charge in [0.1, 0.15) is 5.82 Å². The number of aromatic nitrogens is 1. The Hall–Kier alpha value is -1.05. The molecule has 2 unspecified atom stereocenters. The molecule has 0 N–H and O–H groups in total. The summed E-state index contributed by atoms with van der Waals surface area (Å²) in [5, 5.41) is 0. The zero-order valence-corrected chi connectivity index (χ0v) is 8.98. The summed E-state index contributed by atoms with van der Waals surface area (Å²) in [4.78, 5) is 6.88. The molecular weight excluding hydrogens is 172 g/mol. The van der Waals surface area contributed by atoms with Crippen molar-refractivity contribution in [2.45, 2.75) is 45.2 Å². The van der Waals surface area contributed by atoms with E-state index in [4.69, 9.17) is 0 Å². The van der Waals surface area contributed by atoms with Gasteiger partial charge in [0.15, 0.2) is 0 Å². The van der Waals surface area contributed by atoms with Crippen LogP contribution in [0.5, 0.6) is 0 Å². The van der Waals surface area contributed by atoms with E-state index in [0.717, 1.165) is 5.82 Å². The molecule has 0 spiro atoms. The zero-order valence-electron chi connectivity index (χ0n) is 8.98. The largest absolute Gasteiger partial charge is 0.351 e. The molecule has 1 fully saturated rings. The highest BCUT2D eigenvalue weighted by molar-refractivity contribution is 5.40. The maximum atomic E-state index is 4.43. The van der Waals surface area contributed by atoms with Gasteiger partial charge >= 0.3 is 0 Å². The van der Waals surface area contributed by atoms with Crippen molar-refractivity contribution < 1.29 is 0 Å². The molecule has 0 amide bonds. The molecule has 2 heteroatoms. The Bertz CT molecular complexity index is 274. The second kappa shape index (κ2) is 3.99. The van der Waals surface area contributed by atoms with Gasteiger partial charge in [-0.25, -0.2) is 4.98 Å². The third kappa shape index (κ3) is 1.74. The number of nitrogens with zero attached hydrogens (tertiary/aromatic N) is 2. The molecule has 2 atom stereocenters. The summed E-state index contributed by atoms with van der Waals surface area (Å²) in [6.07, 6.45) is 5.82. The Morgan fingerprint density at radius 2 is 1.93 bits per heavy atom. The van der Waals surface area contributed by atoms with E-state index >= 15 is 0 Å². The first-order valence-corrected chi connectivity index (χ1v) is 5.48. The first-order chi connectivity index (χ1) is 6.79. The van der Waals surface area contributed by atoms with Gasteiger partial charge in [-0.1, -0.05) is 6.07 Å². The number of piperidine rings is 1. The SMILES string of the molecule is CC1CCCC(C)N1c1ccccn1. The molecular formula is C12H18N2. The molecule has 2 nitrogen and oxygen atoms in total. The Kier molecular flexibility index (Phi) is 2.71. The van der Waals surface area contributed by atoms with Crippen LogP contribution in [0, 0.1) is 0 Å². The minimum atomic E-state index is 0.633. The van der Waals surface area contributed by atoms with Crippen molar-refractivity contribution in [3.63, 3.8) is 0 Å². The van der Waals surface area contributed by atoms with Crippen LogP contribution in [-0.2, 0) is 0 Å². The van der Waals surface area contributed by atoms with Crippen molar-refractivity contribution in [3.05, 3.63) is 24.4 Å². The van der Waals surface area contributed by atoms with Gasteiger partial charge in [-0.2, -0.15) is 0 Å². The zero-order chi connectivity index (χ0) is 9.97. The Labute approximate surface area is 86.0 Å². The van der Waals surface area contributed by atoms with Crippen LogP contribution < -0.4 is 4.90 Å². The lowest BCUT2D eigenvalue weighted by atomic mass is 9.97. The fourth-order valence-electron chi connectivity index (χ4n) is 2.38. The molecule has 1 aliphatic rings. The van der Waals surface area contributed by atoms with Crippen molar-refractivity contribution in [2.24, 2.45) is 0 Å². The third-order valence-corrected chi connectivity index (χ3v) is 3.11. The van der Waals surface area contributed by atoms with Crippen LogP contribution in [0.25, 0.3) is 0 Å². The van der Waals surface area contributed by atoms with Gasteiger partial charge in [-0.05, 0) is 45.2 Å². The van der Waals surface area contributed by atoms with E-state index in [9.17, 15) is 0 Å². The summed E-state index contributed by atoms with van der Waals surface area (Å²) in [7, 11) is 0. The standard InChI is InChI=1S/C12H18N2/c1-10-6-5-7-11(2)14(10)12-8-3-4-9-13-12/h3-4,8-11H,5-7H2,1-2H3. The number of anilines is 1. The summed E-state index contributed by atoms with van der Waals surface area (Å²) in [6.45, 7) is 4.59. The number of hydrogen-bond donors (Lipinski definition) is 0. The van der Waals surface area contributed by atoms with Gasteiger partial charge in [0.2, 0.25) is 0 Å². The smallest absolute Gasteiger partial charge is 0.128 e. The van der Waals surface area contributed by atoms with Gasteiger partial charge in [0, 0.05) is 18.3 Å². The molecule has 14 heavy (non-hydrogen) atoms. The molecule has 0 radical (unpaired) electrons. The van der Waals surface area contributed by atoms with E-state index in [1.54, 1.807) is 0 Å². The second-order valence-electron chi connectivity index (χ2n) is 4.22. The molecule has 0 saturated carbocycles. The van der Waals surface area contributed by atoms with E-state index in [1.807, 2.05) is 12.3 Å². The molecule has 1 aromatic heterocycles. The molecule has 76 valence electrons. The lowest BCUT2D eigenvalue weighted by molar-refractivity contribution is 0.411. The summed E-state index contributed by atoms with van der Waals surface area (Å²) in [6, 6.07) is 7.42. The van der Waals surface area contributed by atoms with E-state index in [2.05, 4.69) is 35.9 Å². The molecule has 1 aromatic rings. The fraction of sp³-hybridized carbons (Fsp3) is 0.583. The monoisotopic (exact) mass is 190 g/mol. The topological polar surface area (TPSA) is 16.1 Å². The average Bonchev–Trinajstić information content (AvgIpc) is 2.19. The molecule has 0 aliphatic carbocycles. The van der Waals surface area contributed by atoms with Crippen LogP contribution >= 0.6 is 0 Å². The maximum Gasteiger partial charge on any atom is 0.128 e. The van der Waals surface area contributed by atoms with Crippen LogP contribution in [0.2, 0.25) is 0 Å². The molecule has 1 aliphatic heterocycles. The second-order valence-corrected chi connectivity index (χ2v) is 4.22. The highest BCUT2D eigenvalue weighted by Gasteiger charge is 2.25. The average molecular weight is 190 g/mol. The predicted octanol–water partition coefficient (Wildman–Crippen LogP) is 2.85. The van der Waals surface area contributed by atoms with Crippen LogP contribution in [0.4, 0.5) is 5.82 Å². The quantitative estimate of drug-likeness (QED) is 0.677. The van der Waals surface area contributed by atoms with E-state index in [0.29, 0.717) is 12.1 Å². The van der Waals surface area contributed by atoms with Crippen molar-refractivity contribution in [1.82, 2.24) is 4.98 Å².